The second-order valence-corrected chi connectivity index (χ2v) is 9.66. The molecule has 0 bridgehead atoms. The maximum Gasteiger partial charge on any atom is 0.313 e. The van der Waals surface area contributed by atoms with Gasteiger partial charge in [0.25, 0.3) is 5.91 Å². The number of para-hydroxylation sites is 1. The van der Waals surface area contributed by atoms with Crippen LogP contribution in [0, 0.1) is 5.41 Å². The Hall–Kier alpha value is -3.25. The standard InChI is InChI=1S/C26H25NO4S/c1-17(18-11-13-19(14-12-18)22(28)21-10-7-15-32-21)25(30)31-23-24(29)27(16-26(23,2)3)20-8-5-4-6-9-20/h4-15,17,23H,16H2,1-3H3/t17-,23+/m0/s1. The van der Waals surface area contributed by atoms with E-state index in [0.29, 0.717) is 17.0 Å². The number of benzene rings is 2. The van der Waals surface area contributed by atoms with Crippen LogP contribution in [0.4, 0.5) is 5.69 Å². The van der Waals surface area contributed by atoms with Crippen molar-refractivity contribution in [3.05, 3.63) is 88.1 Å². The van der Waals surface area contributed by atoms with Gasteiger partial charge in [0.05, 0.1) is 10.8 Å². The molecule has 1 saturated heterocycles. The molecule has 3 aromatic rings. The number of ether oxygens (including phenoxy) is 1. The Kier molecular flexibility index (Phi) is 5.98. The smallest absolute Gasteiger partial charge is 0.313 e. The highest BCUT2D eigenvalue weighted by Crippen LogP contribution is 2.37. The summed E-state index contributed by atoms with van der Waals surface area (Å²) in [5, 5.41) is 1.87. The molecular weight excluding hydrogens is 422 g/mol. The van der Waals surface area contributed by atoms with E-state index in [0.717, 1.165) is 11.3 Å². The molecule has 2 heterocycles. The van der Waals surface area contributed by atoms with E-state index in [4.69, 9.17) is 4.74 Å². The van der Waals surface area contributed by atoms with Crippen LogP contribution >= 0.6 is 11.3 Å². The number of hydrogen-bond acceptors (Lipinski definition) is 5. The third-order valence-electron chi connectivity index (χ3n) is 5.84. The lowest BCUT2D eigenvalue weighted by Gasteiger charge is -2.24. The second kappa shape index (κ2) is 8.71. The van der Waals surface area contributed by atoms with Gasteiger partial charge in [0.15, 0.2) is 6.10 Å². The van der Waals surface area contributed by atoms with Crippen molar-refractivity contribution in [3.8, 4) is 0 Å². The fourth-order valence-electron chi connectivity index (χ4n) is 3.91. The molecule has 0 spiro atoms. The number of rotatable bonds is 6. The van der Waals surface area contributed by atoms with Gasteiger partial charge in [0.2, 0.25) is 5.78 Å². The fraction of sp³-hybridized carbons (Fsp3) is 0.269. The molecule has 32 heavy (non-hydrogen) atoms. The number of amides is 1. The molecule has 0 unspecified atom stereocenters. The minimum Gasteiger partial charge on any atom is -0.451 e. The van der Waals surface area contributed by atoms with Crippen molar-refractivity contribution < 1.29 is 19.1 Å². The van der Waals surface area contributed by atoms with Gasteiger partial charge in [-0.2, -0.15) is 0 Å². The minimum absolute atomic E-state index is 0.0407. The third kappa shape index (κ3) is 4.23. The molecule has 1 aliphatic heterocycles. The van der Waals surface area contributed by atoms with Gasteiger partial charge in [-0.25, -0.2) is 0 Å². The lowest BCUT2D eigenvalue weighted by atomic mass is 9.89. The Morgan fingerprint density at radius 2 is 1.72 bits per heavy atom. The van der Waals surface area contributed by atoms with Crippen molar-refractivity contribution in [2.45, 2.75) is 32.8 Å². The predicted octanol–water partition coefficient (Wildman–Crippen LogP) is 5.07. The van der Waals surface area contributed by atoms with Gasteiger partial charge in [-0.1, -0.05) is 62.4 Å². The summed E-state index contributed by atoms with van der Waals surface area (Å²) in [6.45, 7) is 6.09. The summed E-state index contributed by atoms with van der Waals surface area (Å²) >= 11 is 1.40. The summed E-state index contributed by atoms with van der Waals surface area (Å²) < 4.78 is 5.75. The monoisotopic (exact) mass is 447 g/mol. The molecule has 4 rings (SSSR count). The number of carbonyl (C=O) groups excluding carboxylic acids is 3. The zero-order valence-electron chi connectivity index (χ0n) is 18.3. The molecule has 2 aromatic carbocycles. The summed E-state index contributed by atoms with van der Waals surface area (Å²) in [5.74, 6) is -1.27. The highest BCUT2D eigenvalue weighted by atomic mass is 32.1. The lowest BCUT2D eigenvalue weighted by Crippen LogP contribution is -2.37. The maximum atomic E-state index is 13.1. The van der Waals surface area contributed by atoms with Gasteiger partial charge < -0.3 is 9.64 Å². The van der Waals surface area contributed by atoms with Gasteiger partial charge in [-0.05, 0) is 36.1 Å². The van der Waals surface area contributed by atoms with Gasteiger partial charge in [0, 0.05) is 23.2 Å². The van der Waals surface area contributed by atoms with Crippen LogP contribution in [0.2, 0.25) is 0 Å². The summed E-state index contributed by atoms with van der Waals surface area (Å²) in [6.07, 6.45) is -0.850. The van der Waals surface area contributed by atoms with Crippen LogP contribution in [-0.4, -0.2) is 30.3 Å². The van der Waals surface area contributed by atoms with Crippen LogP contribution in [-0.2, 0) is 14.3 Å². The van der Waals surface area contributed by atoms with Crippen molar-refractivity contribution in [1.29, 1.82) is 0 Å². The quantitative estimate of drug-likeness (QED) is 0.391. The molecule has 6 heteroatoms. The number of thiophene rings is 1. The zero-order chi connectivity index (χ0) is 22.9. The van der Waals surface area contributed by atoms with E-state index in [2.05, 4.69) is 0 Å². The molecule has 5 nitrogen and oxygen atoms in total. The van der Waals surface area contributed by atoms with Gasteiger partial charge >= 0.3 is 5.97 Å². The Balaban J connectivity index is 1.46. The molecule has 1 amide bonds. The SMILES string of the molecule is C[C@H](C(=O)O[C@@H]1C(=O)N(c2ccccc2)CC1(C)C)c1ccc(C(=O)c2cccs2)cc1. The number of ketones is 1. The van der Waals surface area contributed by atoms with Crippen LogP contribution in [0.3, 0.4) is 0 Å². The van der Waals surface area contributed by atoms with E-state index in [1.54, 1.807) is 42.2 Å². The zero-order valence-corrected chi connectivity index (χ0v) is 19.1. The fourth-order valence-corrected chi connectivity index (χ4v) is 4.59. The lowest BCUT2D eigenvalue weighted by molar-refractivity contribution is -0.159. The normalized spacial score (nSPS) is 18.4. The maximum absolute atomic E-state index is 13.1. The topological polar surface area (TPSA) is 63.7 Å². The summed E-state index contributed by atoms with van der Waals surface area (Å²) in [4.78, 5) is 40.8. The first kappa shape index (κ1) is 22.0. The number of esters is 1. The summed E-state index contributed by atoms with van der Waals surface area (Å²) in [5.41, 5.74) is 1.59. The van der Waals surface area contributed by atoms with Crippen LogP contribution in [0.15, 0.2) is 72.1 Å². The van der Waals surface area contributed by atoms with Crippen molar-refractivity contribution in [2.24, 2.45) is 5.41 Å². The molecule has 0 N–H and O–H groups in total. The summed E-state index contributed by atoms with van der Waals surface area (Å²) in [7, 11) is 0. The molecular formula is C26H25NO4S. The van der Waals surface area contributed by atoms with Crippen LogP contribution < -0.4 is 4.90 Å². The van der Waals surface area contributed by atoms with Gasteiger partial charge in [-0.15, -0.1) is 11.3 Å². The van der Waals surface area contributed by atoms with E-state index in [1.165, 1.54) is 11.3 Å². The highest BCUT2D eigenvalue weighted by molar-refractivity contribution is 7.12. The predicted molar refractivity (Wildman–Crippen MR) is 125 cm³/mol. The number of carbonyl (C=O) groups is 3. The Bertz CT molecular complexity index is 1120. The highest BCUT2D eigenvalue weighted by Gasteiger charge is 2.49. The average Bonchev–Trinajstić information content (AvgIpc) is 3.41. The van der Waals surface area contributed by atoms with E-state index in [9.17, 15) is 14.4 Å². The molecule has 0 saturated carbocycles. The van der Waals surface area contributed by atoms with Crippen LogP contribution in [0.1, 0.15) is 47.5 Å². The van der Waals surface area contributed by atoms with E-state index in [-0.39, 0.29) is 11.7 Å². The van der Waals surface area contributed by atoms with Crippen molar-refractivity contribution in [2.75, 3.05) is 11.4 Å². The van der Waals surface area contributed by atoms with Crippen LogP contribution in [0.5, 0.6) is 0 Å². The van der Waals surface area contributed by atoms with Gasteiger partial charge in [-0.3, -0.25) is 14.4 Å². The molecule has 1 fully saturated rings. The number of anilines is 1. The summed E-state index contributed by atoms with van der Waals surface area (Å²) in [6, 6.07) is 20.0. The van der Waals surface area contributed by atoms with E-state index >= 15 is 0 Å². The Labute approximate surface area is 191 Å². The van der Waals surface area contributed by atoms with Crippen molar-refractivity contribution in [3.63, 3.8) is 0 Å². The first-order valence-electron chi connectivity index (χ1n) is 10.5. The molecule has 1 aliphatic rings. The first-order valence-corrected chi connectivity index (χ1v) is 11.4. The first-order chi connectivity index (χ1) is 15.3. The number of hydrogen-bond donors (Lipinski definition) is 0. The van der Waals surface area contributed by atoms with Crippen LogP contribution in [0.25, 0.3) is 0 Å². The van der Waals surface area contributed by atoms with Crippen molar-refractivity contribution in [1.82, 2.24) is 0 Å². The second-order valence-electron chi connectivity index (χ2n) is 8.72. The third-order valence-corrected chi connectivity index (χ3v) is 6.71. The van der Waals surface area contributed by atoms with Gasteiger partial charge in [0.1, 0.15) is 0 Å². The van der Waals surface area contributed by atoms with E-state index < -0.39 is 23.4 Å². The molecule has 0 radical (unpaired) electrons. The Morgan fingerprint density at radius 3 is 2.34 bits per heavy atom. The van der Waals surface area contributed by atoms with Crippen molar-refractivity contribution >= 4 is 34.7 Å². The molecule has 1 aromatic heterocycles. The largest absolute Gasteiger partial charge is 0.451 e. The van der Waals surface area contributed by atoms with E-state index in [1.807, 2.05) is 55.6 Å². The number of nitrogens with zero attached hydrogens (tertiary/aromatic N) is 1. The molecule has 164 valence electrons. The average molecular weight is 448 g/mol. The molecule has 2 atom stereocenters. The molecule has 0 aliphatic carbocycles. The Morgan fingerprint density at radius 1 is 1.03 bits per heavy atom. The minimum atomic E-state index is -0.850.